The number of carbonyl (C=O) groups is 2. The zero-order valence-corrected chi connectivity index (χ0v) is 19.9. The average Bonchev–Trinajstić information content (AvgIpc) is 3.32. The van der Waals surface area contributed by atoms with Crippen LogP contribution in [0.5, 0.6) is 0 Å². The smallest absolute Gasteiger partial charge is 0.338 e. The number of benzene rings is 1. The third kappa shape index (κ3) is 5.63. The molecule has 34 heavy (non-hydrogen) atoms. The highest BCUT2D eigenvalue weighted by Gasteiger charge is 2.31. The van der Waals surface area contributed by atoms with Gasteiger partial charge in [0.1, 0.15) is 5.82 Å². The first-order valence-electron chi connectivity index (χ1n) is 11.8. The van der Waals surface area contributed by atoms with Crippen LogP contribution in [0.3, 0.4) is 0 Å². The van der Waals surface area contributed by atoms with Gasteiger partial charge in [0.2, 0.25) is 5.91 Å². The SMILES string of the molecule is CC(C)(N)C(=O)N1CCN(C(=O)Nc2ccn(-c3ccc(CN4CCCC4)cc3)c(=O)n2)CC1. The van der Waals surface area contributed by atoms with Crippen molar-refractivity contribution in [3.63, 3.8) is 0 Å². The molecule has 3 amide bonds. The summed E-state index contributed by atoms with van der Waals surface area (Å²) >= 11 is 0. The lowest BCUT2D eigenvalue weighted by atomic mass is 10.1. The number of nitrogens with two attached hydrogens (primary N) is 1. The van der Waals surface area contributed by atoms with Crippen molar-refractivity contribution < 1.29 is 9.59 Å². The van der Waals surface area contributed by atoms with Crippen LogP contribution in [0.1, 0.15) is 32.3 Å². The monoisotopic (exact) mass is 467 g/mol. The van der Waals surface area contributed by atoms with E-state index in [0.717, 1.165) is 25.3 Å². The molecule has 10 heteroatoms. The molecule has 0 unspecified atom stereocenters. The Morgan fingerprint density at radius 3 is 2.18 bits per heavy atom. The quantitative estimate of drug-likeness (QED) is 0.683. The van der Waals surface area contributed by atoms with E-state index in [-0.39, 0.29) is 17.8 Å². The molecule has 4 rings (SSSR count). The second-order valence-corrected chi connectivity index (χ2v) is 9.55. The van der Waals surface area contributed by atoms with Gasteiger partial charge in [-0.15, -0.1) is 0 Å². The van der Waals surface area contributed by atoms with E-state index in [4.69, 9.17) is 5.73 Å². The Bertz CT molecular complexity index is 1080. The number of hydrogen-bond acceptors (Lipinski definition) is 6. The summed E-state index contributed by atoms with van der Waals surface area (Å²) in [6.07, 6.45) is 4.12. The Hall–Kier alpha value is -3.24. The van der Waals surface area contributed by atoms with Crippen molar-refractivity contribution in [1.82, 2.24) is 24.3 Å². The minimum atomic E-state index is -0.938. The summed E-state index contributed by atoms with van der Waals surface area (Å²) in [5.41, 5.74) is 6.43. The van der Waals surface area contributed by atoms with Crippen molar-refractivity contribution in [3.05, 3.63) is 52.6 Å². The molecule has 2 aliphatic heterocycles. The lowest BCUT2D eigenvalue weighted by molar-refractivity contribution is -0.137. The number of amides is 3. The lowest BCUT2D eigenvalue weighted by Crippen LogP contribution is -2.58. The van der Waals surface area contributed by atoms with Gasteiger partial charge in [-0.3, -0.25) is 19.6 Å². The number of likely N-dealkylation sites (tertiary alicyclic amines) is 1. The van der Waals surface area contributed by atoms with Crippen LogP contribution in [0.25, 0.3) is 5.69 Å². The Morgan fingerprint density at radius 1 is 0.971 bits per heavy atom. The van der Waals surface area contributed by atoms with E-state index in [9.17, 15) is 14.4 Å². The third-order valence-electron chi connectivity index (χ3n) is 6.26. The van der Waals surface area contributed by atoms with Gasteiger partial charge in [0.15, 0.2) is 0 Å². The number of rotatable bonds is 5. The molecule has 182 valence electrons. The van der Waals surface area contributed by atoms with Crippen LogP contribution in [-0.4, -0.2) is 81.0 Å². The summed E-state index contributed by atoms with van der Waals surface area (Å²) in [6.45, 7) is 8.13. The Balaban J connectivity index is 1.34. The van der Waals surface area contributed by atoms with Crippen LogP contribution in [0.4, 0.5) is 10.6 Å². The van der Waals surface area contributed by atoms with Crippen molar-refractivity contribution in [1.29, 1.82) is 0 Å². The van der Waals surface area contributed by atoms with Gasteiger partial charge in [-0.25, -0.2) is 9.59 Å². The van der Waals surface area contributed by atoms with Crippen LogP contribution in [0, 0.1) is 0 Å². The van der Waals surface area contributed by atoms with Crippen molar-refractivity contribution in [2.45, 2.75) is 38.8 Å². The molecule has 0 spiro atoms. The highest BCUT2D eigenvalue weighted by molar-refractivity contribution is 5.89. The number of carbonyl (C=O) groups excluding carboxylic acids is 2. The number of nitrogens with one attached hydrogen (secondary N) is 1. The molecule has 3 N–H and O–H groups in total. The second-order valence-electron chi connectivity index (χ2n) is 9.55. The zero-order chi connectivity index (χ0) is 24.3. The number of hydrogen-bond donors (Lipinski definition) is 2. The van der Waals surface area contributed by atoms with E-state index in [2.05, 4.69) is 15.2 Å². The minimum absolute atomic E-state index is 0.137. The number of piperazine rings is 1. The van der Waals surface area contributed by atoms with Crippen molar-refractivity contribution in [2.24, 2.45) is 5.73 Å². The summed E-state index contributed by atoms with van der Waals surface area (Å²) in [5.74, 6) is 0.0559. The predicted octanol–water partition coefficient (Wildman–Crippen LogP) is 1.24. The van der Waals surface area contributed by atoms with E-state index < -0.39 is 11.2 Å². The second kappa shape index (κ2) is 9.94. The summed E-state index contributed by atoms with van der Waals surface area (Å²) in [7, 11) is 0. The molecule has 0 saturated carbocycles. The first-order valence-corrected chi connectivity index (χ1v) is 11.8. The van der Waals surface area contributed by atoms with Crippen LogP contribution >= 0.6 is 0 Å². The summed E-state index contributed by atoms with van der Waals surface area (Å²) in [5, 5.41) is 2.68. The largest absolute Gasteiger partial charge is 0.354 e. The van der Waals surface area contributed by atoms with Gasteiger partial charge < -0.3 is 15.5 Å². The van der Waals surface area contributed by atoms with E-state index in [0.29, 0.717) is 26.2 Å². The standard InChI is InChI=1S/C24H33N7O3/c1-24(2,25)21(32)29-13-15-30(16-14-29)22(33)26-20-9-12-31(23(34)27-20)19-7-5-18(6-8-19)17-28-10-3-4-11-28/h5-9,12H,3-4,10-11,13-17,25H2,1-2H3,(H,26,27,33,34). The molecule has 2 aliphatic rings. The maximum absolute atomic E-state index is 12.6. The summed E-state index contributed by atoms with van der Waals surface area (Å²) in [4.78, 5) is 47.2. The zero-order valence-electron chi connectivity index (χ0n) is 19.9. The number of anilines is 1. The molecule has 0 aliphatic carbocycles. The molecule has 1 aromatic carbocycles. The van der Waals surface area contributed by atoms with Gasteiger partial charge in [-0.2, -0.15) is 4.98 Å². The van der Waals surface area contributed by atoms with Crippen LogP contribution in [0.15, 0.2) is 41.3 Å². The minimum Gasteiger partial charge on any atom is -0.338 e. The first-order chi connectivity index (χ1) is 16.2. The third-order valence-corrected chi connectivity index (χ3v) is 6.26. The predicted molar refractivity (Wildman–Crippen MR) is 130 cm³/mol. The number of nitrogens with zero attached hydrogens (tertiary/aromatic N) is 5. The summed E-state index contributed by atoms with van der Waals surface area (Å²) < 4.78 is 1.45. The van der Waals surface area contributed by atoms with E-state index in [1.807, 2.05) is 24.3 Å². The Kier molecular flexibility index (Phi) is 6.99. The maximum atomic E-state index is 12.6. The molecule has 2 fully saturated rings. The molecular weight excluding hydrogens is 434 g/mol. The maximum Gasteiger partial charge on any atom is 0.354 e. The fourth-order valence-electron chi connectivity index (χ4n) is 4.34. The van der Waals surface area contributed by atoms with Gasteiger partial charge in [0.25, 0.3) is 0 Å². The Morgan fingerprint density at radius 2 is 1.59 bits per heavy atom. The average molecular weight is 468 g/mol. The molecule has 2 saturated heterocycles. The highest BCUT2D eigenvalue weighted by atomic mass is 16.2. The van der Waals surface area contributed by atoms with Crippen molar-refractivity contribution in [3.8, 4) is 5.69 Å². The topological polar surface area (TPSA) is 117 Å². The van der Waals surface area contributed by atoms with Gasteiger partial charge in [0.05, 0.1) is 11.2 Å². The molecule has 0 bridgehead atoms. The van der Waals surface area contributed by atoms with Crippen LogP contribution in [0.2, 0.25) is 0 Å². The molecule has 0 atom stereocenters. The van der Waals surface area contributed by atoms with Gasteiger partial charge in [-0.1, -0.05) is 12.1 Å². The number of aromatic nitrogens is 2. The Labute approximate surface area is 199 Å². The van der Waals surface area contributed by atoms with Gasteiger partial charge >= 0.3 is 11.7 Å². The molecule has 2 aromatic rings. The molecular formula is C24H33N7O3. The number of urea groups is 1. The van der Waals surface area contributed by atoms with E-state index in [1.54, 1.807) is 35.9 Å². The van der Waals surface area contributed by atoms with Crippen LogP contribution in [-0.2, 0) is 11.3 Å². The van der Waals surface area contributed by atoms with Crippen LogP contribution < -0.4 is 16.7 Å². The van der Waals surface area contributed by atoms with Crippen molar-refractivity contribution in [2.75, 3.05) is 44.6 Å². The first kappa shape index (κ1) is 23.9. The molecule has 10 nitrogen and oxygen atoms in total. The fourth-order valence-corrected chi connectivity index (χ4v) is 4.34. The summed E-state index contributed by atoms with van der Waals surface area (Å²) in [6, 6.07) is 9.15. The lowest BCUT2D eigenvalue weighted by Gasteiger charge is -2.37. The highest BCUT2D eigenvalue weighted by Crippen LogP contribution is 2.15. The van der Waals surface area contributed by atoms with Gasteiger partial charge in [0, 0.05) is 38.9 Å². The van der Waals surface area contributed by atoms with E-state index in [1.165, 1.54) is 23.0 Å². The van der Waals surface area contributed by atoms with Gasteiger partial charge in [-0.05, 0) is 63.5 Å². The molecule has 3 heterocycles. The van der Waals surface area contributed by atoms with Crippen molar-refractivity contribution >= 4 is 17.8 Å². The molecule has 0 radical (unpaired) electrons. The molecule has 1 aromatic heterocycles. The fraction of sp³-hybridized carbons (Fsp3) is 0.500. The van der Waals surface area contributed by atoms with E-state index >= 15 is 0 Å². The normalized spacial score (nSPS) is 17.1.